The molecule has 1 aromatic heterocycles. The minimum atomic E-state index is -1.10. The molecule has 0 saturated carbocycles. The van der Waals surface area contributed by atoms with Crippen LogP contribution in [-0.2, 0) is 6.42 Å². The molecular formula is C15H16FN3O2. The summed E-state index contributed by atoms with van der Waals surface area (Å²) in [6.07, 6.45) is 1.25. The van der Waals surface area contributed by atoms with Crippen LogP contribution < -0.4 is 5.32 Å². The second-order valence-electron chi connectivity index (χ2n) is 4.59. The van der Waals surface area contributed by atoms with Crippen molar-refractivity contribution in [1.82, 2.24) is 9.97 Å². The van der Waals surface area contributed by atoms with Crippen LogP contribution in [0.15, 0.2) is 30.3 Å². The Morgan fingerprint density at radius 2 is 2.00 bits per heavy atom. The van der Waals surface area contributed by atoms with Gasteiger partial charge in [-0.25, -0.2) is 19.2 Å². The molecule has 0 radical (unpaired) electrons. The van der Waals surface area contributed by atoms with E-state index in [1.165, 1.54) is 18.2 Å². The van der Waals surface area contributed by atoms with E-state index in [1.807, 2.05) is 6.92 Å². The van der Waals surface area contributed by atoms with Crippen LogP contribution in [0.3, 0.4) is 0 Å². The number of carboxylic acid groups (broad SMARTS) is 1. The number of rotatable bonds is 6. The Morgan fingerprint density at radius 3 is 2.62 bits per heavy atom. The lowest BCUT2D eigenvalue weighted by Crippen LogP contribution is -2.10. The molecule has 5 nitrogen and oxygen atoms in total. The molecule has 1 heterocycles. The normalized spacial score (nSPS) is 10.4. The maximum Gasteiger partial charge on any atom is 0.354 e. The molecule has 0 fully saturated rings. The molecule has 0 saturated heterocycles. The average molecular weight is 289 g/mol. The van der Waals surface area contributed by atoms with E-state index in [1.54, 1.807) is 12.1 Å². The number of hydrogen-bond acceptors (Lipinski definition) is 4. The zero-order valence-electron chi connectivity index (χ0n) is 11.6. The molecule has 0 aliphatic heterocycles. The van der Waals surface area contributed by atoms with E-state index in [0.717, 1.165) is 12.0 Å². The van der Waals surface area contributed by atoms with E-state index >= 15 is 0 Å². The number of aromatic nitrogens is 2. The zero-order chi connectivity index (χ0) is 15.2. The number of carbonyl (C=O) groups is 1. The molecule has 0 aliphatic rings. The van der Waals surface area contributed by atoms with Gasteiger partial charge >= 0.3 is 5.97 Å². The predicted octanol–water partition coefficient (Wildman–Crippen LogP) is 2.73. The van der Waals surface area contributed by atoms with Crippen molar-refractivity contribution in [2.24, 2.45) is 0 Å². The lowest BCUT2D eigenvalue weighted by Gasteiger charge is -2.08. The molecule has 0 unspecified atom stereocenters. The molecule has 1 aromatic carbocycles. The Labute approximate surface area is 121 Å². The predicted molar refractivity (Wildman–Crippen MR) is 77.0 cm³/mol. The zero-order valence-corrected chi connectivity index (χ0v) is 11.6. The number of anilines is 1. The fraction of sp³-hybridized carbons (Fsp3) is 0.267. The summed E-state index contributed by atoms with van der Waals surface area (Å²) in [7, 11) is 0. The Balaban J connectivity index is 2.26. The number of benzene rings is 1. The third-order valence-corrected chi connectivity index (χ3v) is 2.82. The minimum Gasteiger partial charge on any atom is -0.477 e. The van der Waals surface area contributed by atoms with Crippen molar-refractivity contribution in [2.45, 2.75) is 19.8 Å². The van der Waals surface area contributed by atoms with Gasteiger partial charge in [-0.2, -0.15) is 0 Å². The first-order valence-corrected chi connectivity index (χ1v) is 6.68. The van der Waals surface area contributed by atoms with Crippen LogP contribution in [0.1, 0.15) is 35.2 Å². The number of aromatic carboxylic acids is 1. The van der Waals surface area contributed by atoms with Crippen LogP contribution in [-0.4, -0.2) is 27.6 Å². The van der Waals surface area contributed by atoms with Crippen molar-refractivity contribution in [3.05, 3.63) is 53.2 Å². The molecule has 2 aromatic rings. The van der Waals surface area contributed by atoms with Crippen molar-refractivity contribution in [3.63, 3.8) is 0 Å². The van der Waals surface area contributed by atoms with E-state index in [9.17, 15) is 9.18 Å². The van der Waals surface area contributed by atoms with Gasteiger partial charge < -0.3 is 10.4 Å². The molecule has 6 heteroatoms. The summed E-state index contributed by atoms with van der Waals surface area (Å²) in [5.74, 6) is -0.539. The van der Waals surface area contributed by atoms with Gasteiger partial charge in [-0.1, -0.05) is 19.1 Å². The van der Waals surface area contributed by atoms with Crippen LogP contribution in [0.4, 0.5) is 10.2 Å². The molecular weight excluding hydrogens is 273 g/mol. The molecule has 110 valence electrons. The van der Waals surface area contributed by atoms with E-state index in [2.05, 4.69) is 15.3 Å². The van der Waals surface area contributed by atoms with Gasteiger partial charge in [-0.15, -0.1) is 0 Å². The van der Waals surface area contributed by atoms with E-state index in [0.29, 0.717) is 24.6 Å². The maximum atomic E-state index is 12.9. The van der Waals surface area contributed by atoms with Gasteiger partial charge in [0.05, 0.1) is 0 Å². The molecule has 0 amide bonds. The molecule has 2 N–H and O–H groups in total. The summed E-state index contributed by atoms with van der Waals surface area (Å²) < 4.78 is 12.9. The summed E-state index contributed by atoms with van der Waals surface area (Å²) in [4.78, 5) is 19.4. The highest BCUT2D eigenvalue weighted by molar-refractivity contribution is 5.86. The Bertz CT molecular complexity index is 629. The Morgan fingerprint density at radius 1 is 1.29 bits per heavy atom. The number of carboxylic acids is 1. The van der Waals surface area contributed by atoms with Gasteiger partial charge in [-0.05, 0) is 24.1 Å². The number of halogens is 1. The smallest absolute Gasteiger partial charge is 0.354 e. The monoisotopic (exact) mass is 289 g/mol. The second kappa shape index (κ2) is 6.78. The summed E-state index contributed by atoms with van der Waals surface area (Å²) in [6, 6.07) is 7.38. The van der Waals surface area contributed by atoms with Crippen LogP contribution in [0.2, 0.25) is 0 Å². The lowest BCUT2D eigenvalue weighted by molar-refractivity contribution is 0.0690. The molecule has 21 heavy (non-hydrogen) atoms. The summed E-state index contributed by atoms with van der Waals surface area (Å²) in [5.41, 5.74) is 0.765. The largest absolute Gasteiger partial charge is 0.477 e. The van der Waals surface area contributed by atoms with Crippen LogP contribution >= 0.6 is 0 Å². The Kier molecular flexibility index (Phi) is 4.81. The maximum absolute atomic E-state index is 12.9. The highest BCUT2D eigenvalue weighted by atomic mass is 19.1. The summed E-state index contributed by atoms with van der Waals surface area (Å²) >= 11 is 0. The highest BCUT2D eigenvalue weighted by Gasteiger charge is 2.11. The van der Waals surface area contributed by atoms with Crippen molar-refractivity contribution in [2.75, 3.05) is 11.9 Å². The molecule has 0 bridgehead atoms. The van der Waals surface area contributed by atoms with E-state index in [-0.39, 0.29) is 11.5 Å². The standard InChI is InChI=1S/C15H16FN3O2/c1-2-7-17-13-9-12(15(20)21)18-14(19-13)8-10-3-5-11(16)6-4-10/h3-6,9H,2,7-8H2,1H3,(H,20,21)(H,17,18,19). The first-order chi connectivity index (χ1) is 10.1. The third-order valence-electron chi connectivity index (χ3n) is 2.82. The highest BCUT2D eigenvalue weighted by Crippen LogP contribution is 2.12. The number of nitrogens with zero attached hydrogens (tertiary/aromatic N) is 2. The average Bonchev–Trinajstić information content (AvgIpc) is 2.47. The summed E-state index contributed by atoms with van der Waals surface area (Å²) in [6.45, 7) is 2.71. The summed E-state index contributed by atoms with van der Waals surface area (Å²) in [5, 5.41) is 12.1. The van der Waals surface area contributed by atoms with Crippen LogP contribution in [0.25, 0.3) is 0 Å². The molecule has 0 atom stereocenters. The van der Waals surface area contributed by atoms with Gasteiger partial charge in [0, 0.05) is 19.0 Å². The van der Waals surface area contributed by atoms with Crippen molar-refractivity contribution in [1.29, 1.82) is 0 Å². The van der Waals surface area contributed by atoms with Crippen LogP contribution in [0.5, 0.6) is 0 Å². The van der Waals surface area contributed by atoms with Gasteiger partial charge in [0.15, 0.2) is 5.69 Å². The Hall–Kier alpha value is -2.50. The minimum absolute atomic E-state index is 0.0549. The number of hydrogen-bond donors (Lipinski definition) is 2. The van der Waals surface area contributed by atoms with Gasteiger partial charge in [0.1, 0.15) is 17.5 Å². The van der Waals surface area contributed by atoms with Gasteiger partial charge in [0.2, 0.25) is 0 Å². The van der Waals surface area contributed by atoms with E-state index in [4.69, 9.17) is 5.11 Å². The fourth-order valence-corrected chi connectivity index (χ4v) is 1.81. The topological polar surface area (TPSA) is 75.1 Å². The van der Waals surface area contributed by atoms with Gasteiger partial charge in [0.25, 0.3) is 0 Å². The van der Waals surface area contributed by atoms with Gasteiger partial charge in [-0.3, -0.25) is 0 Å². The third kappa shape index (κ3) is 4.24. The van der Waals surface area contributed by atoms with Crippen LogP contribution in [0, 0.1) is 5.82 Å². The first kappa shape index (κ1) is 14.9. The number of nitrogens with one attached hydrogen (secondary N) is 1. The molecule has 2 rings (SSSR count). The molecule has 0 spiro atoms. The quantitative estimate of drug-likeness (QED) is 0.855. The van der Waals surface area contributed by atoms with E-state index < -0.39 is 5.97 Å². The molecule has 0 aliphatic carbocycles. The van der Waals surface area contributed by atoms with Crippen molar-refractivity contribution >= 4 is 11.8 Å². The lowest BCUT2D eigenvalue weighted by atomic mass is 10.1. The second-order valence-corrected chi connectivity index (χ2v) is 4.59. The first-order valence-electron chi connectivity index (χ1n) is 6.68. The fourth-order valence-electron chi connectivity index (χ4n) is 1.81. The SMILES string of the molecule is CCCNc1cc(C(=O)O)nc(Cc2ccc(F)cc2)n1. The van der Waals surface area contributed by atoms with Crippen molar-refractivity contribution < 1.29 is 14.3 Å². The van der Waals surface area contributed by atoms with Crippen molar-refractivity contribution in [3.8, 4) is 0 Å².